The third kappa shape index (κ3) is 4.37. The molecule has 1 atom stereocenters. The van der Waals surface area contributed by atoms with Crippen LogP contribution < -0.4 is 0 Å². The van der Waals surface area contributed by atoms with Crippen LogP contribution in [0.5, 0.6) is 0 Å². The molecule has 2 fully saturated rings. The van der Waals surface area contributed by atoms with Crippen molar-refractivity contribution >= 4 is 18.0 Å². The van der Waals surface area contributed by atoms with Gasteiger partial charge in [0.1, 0.15) is 12.2 Å². The standard InChI is InChI=1S/C22H29NO5/c1-21(2,3)28-20(26)23-15-22(18(23)24,13-16-9-7-8-10-16)19(25)27-14-17-11-5-4-6-12-17/h4-6,11-12,16H,7-10,13-15H2,1-3H3/t22-/m1/s1. The second-order valence-electron chi connectivity index (χ2n) is 8.87. The number of hydrogen-bond acceptors (Lipinski definition) is 5. The van der Waals surface area contributed by atoms with Crippen LogP contribution in [0.3, 0.4) is 0 Å². The van der Waals surface area contributed by atoms with E-state index in [1.54, 1.807) is 20.8 Å². The van der Waals surface area contributed by atoms with Gasteiger partial charge in [0.25, 0.3) is 5.91 Å². The van der Waals surface area contributed by atoms with Gasteiger partial charge < -0.3 is 9.47 Å². The fourth-order valence-corrected chi connectivity index (χ4v) is 4.00. The van der Waals surface area contributed by atoms with Crippen LogP contribution in [0.2, 0.25) is 0 Å². The van der Waals surface area contributed by atoms with E-state index in [0.717, 1.165) is 36.1 Å². The number of ether oxygens (including phenoxy) is 2. The first kappa shape index (κ1) is 20.4. The highest BCUT2D eigenvalue weighted by Crippen LogP contribution is 2.44. The highest BCUT2D eigenvalue weighted by Gasteiger charge is 2.62. The predicted octanol–water partition coefficient (Wildman–Crippen LogP) is 4.07. The molecule has 1 heterocycles. The minimum absolute atomic E-state index is 0.0326. The van der Waals surface area contributed by atoms with Crippen molar-refractivity contribution < 1.29 is 23.9 Å². The number of hydrogen-bond donors (Lipinski definition) is 0. The van der Waals surface area contributed by atoms with Crippen molar-refractivity contribution in [1.29, 1.82) is 0 Å². The molecule has 2 aliphatic rings. The summed E-state index contributed by atoms with van der Waals surface area (Å²) in [6.45, 7) is 5.38. The Balaban J connectivity index is 1.71. The molecular weight excluding hydrogens is 358 g/mol. The van der Waals surface area contributed by atoms with Gasteiger partial charge in [-0.25, -0.2) is 9.69 Å². The molecule has 0 bridgehead atoms. The molecule has 1 aromatic rings. The molecule has 1 saturated heterocycles. The van der Waals surface area contributed by atoms with Gasteiger partial charge >= 0.3 is 12.1 Å². The molecule has 2 amide bonds. The van der Waals surface area contributed by atoms with E-state index in [9.17, 15) is 14.4 Å². The van der Waals surface area contributed by atoms with Crippen LogP contribution in [0, 0.1) is 11.3 Å². The van der Waals surface area contributed by atoms with Crippen LogP contribution in [0.15, 0.2) is 30.3 Å². The molecule has 0 radical (unpaired) electrons. The van der Waals surface area contributed by atoms with Crippen LogP contribution in [0.1, 0.15) is 58.4 Å². The maximum Gasteiger partial charge on any atom is 0.417 e. The van der Waals surface area contributed by atoms with E-state index < -0.39 is 29.0 Å². The Labute approximate surface area is 166 Å². The van der Waals surface area contributed by atoms with Gasteiger partial charge in [-0.05, 0) is 38.7 Å². The SMILES string of the molecule is CC(C)(C)OC(=O)N1C[C@@](CC2CCCC2)(C(=O)OCc2ccccc2)C1=O. The molecular formula is C22H29NO5. The van der Waals surface area contributed by atoms with Crippen molar-refractivity contribution in [2.45, 2.75) is 65.1 Å². The van der Waals surface area contributed by atoms with Crippen molar-refractivity contribution in [2.24, 2.45) is 11.3 Å². The third-order valence-electron chi connectivity index (χ3n) is 5.41. The summed E-state index contributed by atoms with van der Waals surface area (Å²) in [7, 11) is 0. The largest absolute Gasteiger partial charge is 0.460 e. The Morgan fingerprint density at radius 3 is 2.36 bits per heavy atom. The van der Waals surface area contributed by atoms with Crippen LogP contribution in [-0.4, -0.2) is 35.0 Å². The first-order valence-corrected chi connectivity index (χ1v) is 9.97. The minimum Gasteiger partial charge on any atom is -0.460 e. The van der Waals surface area contributed by atoms with Crippen molar-refractivity contribution in [3.05, 3.63) is 35.9 Å². The lowest BCUT2D eigenvalue weighted by Gasteiger charge is -2.46. The summed E-state index contributed by atoms with van der Waals surface area (Å²) in [6, 6.07) is 9.37. The fraction of sp³-hybridized carbons (Fsp3) is 0.591. The highest BCUT2D eigenvalue weighted by atomic mass is 16.6. The van der Waals surface area contributed by atoms with E-state index in [0.29, 0.717) is 12.3 Å². The van der Waals surface area contributed by atoms with Crippen molar-refractivity contribution in [3.63, 3.8) is 0 Å². The predicted molar refractivity (Wildman–Crippen MR) is 103 cm³/mol. The number of likely N-dealkylation sites (tertiary alicyclic amines) is 1. The number of β-lactam (4-membered cyclic amide) rings is 1. The maximum absolute atomic E-state index is 13.0. The number of amides is 2. The number of rotatable bonds is 5. The lowest BCUT2D eigenvalue weighted by atomic mass is 9.71. The molecule has 0 N–H and O–H groups in total. The molecule has 6 nitrogen and oxygen atoms in total. The maximum atomic E-state index is 13.0. The van der Waals surface area contributed by atoms with E-state index in [1.807, 2.05) is 30.3 Å². The summed E-state index contributed by atoms with van der Waals surface area (Å²) in [6.07, 6.45) is 3.99. The van der Waals surface area contributed by atoms with Gasteiger partial charge in [-0.3, -0.25) is 9.59 Å². The zero-order valence-corrected chi connectivity index (χ0v) is 16.9. The molecule has 1 aromatic carbocycles. The minimum atomic E-state index is -1.26. The van der Waals surface area contributed by atoms with E-state index in [2.05, 4.69) is 0 Å². The zero-order valence-electron chi connectivity index (χ0n) is 16.9. The molecule has 6 heteroatoms. The molecule has 1 aliphatic carbocycles. The monoisotopic (exact) mass is 387 g/mol. The molecule has 0 unspecified atom stereocenters. The second kappa shape index (κ2) is 7.94. The molecule has 0 spiro atoms. The van der Waals surface area contributed by atoms with Crippen molar-refractivity contribution in [1.82, 2.24) is 4.90 Å². The molecule has 1 saturated carbocycles. The molecule has 0 aromatic heterocycles. The molecule has 1 aliphatic heterocycles. The Morgan fingerprint density at radius 2 is 1.79 bits per heavy atom. The molecule has 3 rings (SSSR count). The van der Waals surface area contributed by atoms with Gasteiger partial charge in [0.2, 0.25) is 0 Å². The lowest BCUT2D eigenvalue weighted by molar-refractivity contribution is -0.181. The number of imide groups is 1. The first-order valence-electron chi connectivity index (χ1n) is 9.97. The number of benzene rings is 1. The van der Waals surface area contributed by atoms with Crippen molar-refractivity contribution in [2.75, 3.05) is 6.54 Å². The molecule has 152 valence electrons. The first-order chi connectivity index (χ1) is 13.2. The summed E-state index contributed by atoms with van der Waals surface area (Å²) < 4.78 is 10.8. The quantitative estimate of drug-likeness (QED) is 0.432. The van der Waals surface area contributed by atoms with Gasteiger partial charge in [0, 0.05) is 0 Å². The van der Waals surface area contributed by atoms with E-state index in [-0.39, 0.29) is 13.2 Å². The summed E-state index contributed by atoms with van der Waals surface area (Å²) >= 11 is 0. The Bertz CT molecular complexity index is 733. The van der Waals surface area contributed by atoms with E-state index in [1.165, 1.54) is 0 Å². The Morgan fingerprint density at radius 1 is 1.14 bits per heavy atom. The number of carbonyl (C=O) groups excluding carboxylic acids is 3. The van der Waals surface area contributed by atoms with Crippen molar-refractivity contribution in [3.8, 4) is 0 Å². The van der Waals surface area contributed by atoms with Gasteiger partial charge in [-0.1, -0.05) is 56.0 Å². The van der Waals surface area contributed by atoms with Gasteiger partial charge in [0.15, 0.2) is 5.41 Å². The van der Waals surface area contributed by atoms with Crippen LogP contribution in [-0.2, 0) is 25.7 Å². The number of nitrogens with zero attached hydrogens (tertiary/aromatic N) is 1. The van der Waals surface area contributed by atoms with Gasteiger partial charge in [-0.2, -0.15) is 0 Å². The Hall–Kier alpha value is -2.37. The Kier molecular flexibility index (Phi) is 5.77. The highest BCUT2D eigenvalue weighted by molar-refractivity contribution is 6.13. The van der Waals surface area contributed by atoms with Gasteiger partial charge in [-0.15, -0.1) is 0 Å². The van der Waals surface area contributed by atoms with E-state index >= 15 is 0 Å². The summed E-state index contributed by atoms with van der Waals surface area (Å²) in [5, 5.41) is 0. The average molecular weight is 387 g/mol. The van der Waals surface area contributed by atoms with Gasteiger partial charge in [0.05, 0.1) is 6.54 Å². The lowest BCUT2D eigenvalue weighted by Crippen LogP contribution is -2.68. The third-order valence-corrected chi connectivity index (χ3v) is 5.41. The number of esters is 1. The smallest absolute Gasteiger partial charge is 0.417 e. The number of carbonyl (C=O) groups is 3. The summed E-state index contributed by atoms with van der Waals surface area (Å²) in [5.41, 5.74) is -1.10. The van der Waals surface area contributed by atoms with Crippen LogP contribution >= 0.6 is 0 Å². The van der Waals surface area contributed by atoms with Crippen LogP contribution in [0.25, 0.3) is 0 Å². The normalized spacial score (nSPS) is 22.7. The van der Waals surface area contributed by atoms with Crippen LogP contribution in [0.4, 0.5) is 4.79 Å². The fourth-order valence-electron chi connectivity index (χ4n) is 4.00. The average Bonchev–Trinajstić information content (AvgIpc) is 3.14. The molecule has 28 heavy (non-hydrogen) atoms. The van der Waals surface area contributed by atoms with E-state index in [4.69, 9.17) is 9.47 Å². The summed E-state index contributed by atoms with van der Waals surface area (Å²) in [5.74, 6) is -0.714. The second-order valence-corrected chi connectivity index (χ2v) is 8.87. The topological polar surface area (TPSA) is 72.9 Å². The summed E-state index contributed by atoms with van der Waals surface area (Å²) in [4.78, 5) is 39.3. The zero-order chi connectivity index (χ0) is 20.4.